The summed E-state index contributed by atoms with van der Waals surface area (Å²) in [5, 5.41) is 0. The molecule has 0 spiro atoms. The zero-order valence-electron chi connectivity index (χ0n) is 13.7. The van der Waals surface area contributed by atoms with Crippen LogP contribution in [0.2, 0.25) is 0 Å². The van der Waals surface area contributed by atoms with Gasteiger partial charge in [-0.15, -0.1) is 0 Å². The van der Waals surface area contributed by atoms with Crippen molar-refractivity contribution in [1.29, 1.82) is 0 Å². The molecule has 0 bridgehead atoms. The monoisotopic (exact) mass is 297 g/mol. The molecular weight excluding hydrogens is 274 g/mol. The predicted octanol–water partition coefficient (Wildman–Crippen LogP) is 3.73. The van der Waals surface area contributed by atoms with E-state index in [0.29, 0.717) is 6.54 Å². The van der Waals surface area contributed by atoms with Crippen LogP contribution in [0.15, 0.2) is 48.5 Å². The Morgan fingerprint density at radius 2 is 1.82 bits per heavy atom. The van der Waals surface area contributed by atoms with Crippen LogP contribution in [0.4, 0.5) is 0 Å². The molecule has 1 atom stereocenters. The van der Waals surface area contributed by atoms with Crippen LogP contribution in [0.25, 0.3) is 0 Å². The van der Waals surface area contributed by atoms with Crippen LogP contribution in [0, 0.1) is 13.8 Å². The van der Waals surface area contributed by atoms with Gasteiger partial charge in [-0.2, -0.15) is 0 Å². The van der Waals surface area contributed by atoms with Crippen molar-refractivity contribution < 1.29 is 9.53 Å². The van der Waals surface area contributed by atoms with Gasteiger partial charge in [-0.3, -0.25) is 4.79 Å². The van der Waals surface area contributed by atoms with Crippen molar-refractivity contribution in [2.45, 2.75) is 33.4 Å². The summed E-state index contributed by atoms with van der Waals surface area (Å²) >= 11 is 0. The Hall–Kier alpha value is -2.29. The largest absolute Gasteiger partial charge is 0.481 e. The molecule has 0 radical (unpaired) electrons. The lowest BCUT2D eigenvalue weighted by Crippen LogP contribution is -2.37. The molecule has 3 heteroatoms. The van der Waals surface area contributed by atoms with E-state index >= 15 is 0 Å². The lowest BCUT2D eigenvalue weighted by atomic mass is 10.1. The molecule has 2 aromatic rings. The Labute approximate surface area is 132 Å². The Morgan fingerprint density at radius 1 is 1.14 bits per heavy atom. The Balaban J connectivity index is 1.99. The molecule has 0 saturated heterocycles. The van der Waals surface area contributed by atoms with Crippen molar-refractivity contribution in [1.82, 2.24) is 4.90 Å². The summed E-state index contributed by atoms with van der Waals surface area (Å²) < 4.78 is 5.83. The maximum absolute atomic E-state index is 12.4. The van der Waals surface area contributed by atoms with E-state index in [0.717, 1.165) is 16.9 Å². The van der Waals surface area contributed by atoms with Crippen molar-refractivity contribution in [2.24, 2.45) is 0 Å². The SMILES string of the molecule is Cc1ccc(O[C@@H](C)C(=O)N(C)Cc2ccccc2)c(C)c1. The van der Waals surface area contributed by atoms with Crippen LogP contribution < -0.4 is 4.74 Å². The second kappa shape index (κ2) is 7.12. The Kier molecular flexibility index (Phi) is 5.21. The molecule has 0 aliphatic carbocycles. The summed E-state index contributed by atoms with van der Waals surface area (Å²) in [6.07, 6.45) is -0.505. The molecule has 3 nitrogen and oxygen atoms in total. The number of aryl methyl sites for hydroxylation is 2. The van der Waals surface area contributed by atoms with Crippen LogP contribution in [0.1, 0.15) is 23.6 Å². The first-order valence-electron chi connectivity index (χ1n) is 7.50. The number of hydrogen-bond donors (Lipinski definition) is 0. The fourth-order valence-electron chi connectivity index (χ4n) is 2.42. The van der Waals surface area contributed by atoms with Crippen LogP contribution in [-0.4, -0.2) is 24.0 Å². The topological polar surface area (TPSA) is 29.5 Å². The minimum atomic E-state index is -0.505. The van der Waals surface area contributed by atoms with Crippen molar-refractivity contribution in [3.05, 3.63) is 65.2 Å². The van der Waals surface area contributed by atoms with Crippen LogP contribution in [0.3, 0.4) is 0 Å². The number of benzene rings is 2. The summed E-state index contributed by atoms with van der Waals surface area (Å²) in [4.78, 5) is 14.1. The predicted molar refractivity (Wildman–Crippen MR) is 88.9 cm³/mol. The Bertz CT molecular complexity index is 637. The molecule has 0 aromatic heterocycles. The third-order valence-corrected chi connectivity index (χ3v) is 3.62. The van der Waals surface area contributed by atoms with Gasteiger partial charge in [0.1, 0.15) is 5.75 Å². The van der Waals surface area contributed by atoms with E-state index in [1.165, 1.54) is 5.56 Å². The van der Waals surface area contributed by atoms with Gasteiger partial charge in [0.2, 0.25) is 0 Å². The molecule has 116 valence electrons. The van der Waals surface area contributed by atoms with E-state index in [2.05, 4.69) is 6.07 Å². The van der Waals surface area contributed by atoms with E-state index in [-0.39, 0.29) is 5.91 Å². The first kappa shape index (κ1) is 16.1. The van der Waals surface area contributed by atoms with Crippen molar-refractivity contribution in [2.75, 3.05) is 7.05 Å². The van der Waals surface area contributed by atoms with Crippen molar-refractivity contribution in [3.63, 3.8) is 0 Å². The van der Waals surface area contributed by atoms with E-state index in [4.69, 9.17) is 4.74 Å². The number of carbonyl (C=O) groups excluding carboxylic acids is 1. The fraction of sp³-hybridized carbons (Fsp3) is 0.316. The normalized spacial score (nSPS) is 11.8. The highest BCUT2D eigenvalue weighted by Crippen LogP contribution is 2.20. The Morgan fingerprint density at radius 3 is 2.45 bits per heavy atom. The summed E-state index contributed by atoms with van der Waals surface area (Å²) in [5.74, 6) is 0.739. The maximum Gasteiger partial charge on any atom is 0.263 e. The average Bonchev–Trinajstić information content (AvgIpc) is 2.50. The molecule has 2 aromatic carbocycles. The van der Waals surface area contributed by atoms with Gasteiger partial charge in [-0.25, -0.2) is 0 Å². The van der Waals surface area contributed by atoms with Crippen LogP contribution in [-0.2, 0) is 11.3 Å². The minimum Gasteiger partial charge on any atom is -0.481 e. The minimum absolute atomic E-state index is 0.0242. The zero-order chi connectivity index (χ0) is 16.1. The third kappa shape index (κ3) is 4.10. The zero-order valence-corrected chi connectivity index (χ0v) is 13.7. The summed E-state index contributed by atoms with van der Waals surface area (Å²) in [6, 6.07) is 15.9. The maximum atomic E-state index is 12.4. The molecular formula is C19H23NO2. The summed E-state index contributed by atoms with van der Waals surface area (Å²) in [5.41, 5.74) is 3.34. The molecule has 0 heterocycles. The van der Waals surface area contributed by atoms with Crippen molar-refractivity contribution in [3.8, 4) is 5.75 Å². The number of amides is 1. The molecule has 0 fully saturated rings. The number of likely N-dealkylation sites (N-methyl/N-ethyl adjacent to an activating group) is 1. The van der Waals surface area contributed by atoms with E-state index < -0.39 is 6.10 Å². The number of ether oxygens (including phenoxy) is 1. The van der Waals surface area contributed by atoms with Gasteiger partial charge in [0.05, 0.1) is 0 Å². The van der Waals surface area contributed by atoms with Gasteiger partial charge in [-0.1, -0.05) is 48.0 Å². The van der Waals surface area contributed by atoms with Gasteiger partial charge < -0.3 is 9.64 Å². The molecule has 0 N–H and O–H groups in total. The van der Waals surface area contributed by atoms with Crippen molar-refractivity contribution >= 4 is 5.91 Å². The van der Waals surface area contributed by atoms with Gasteiger partial charge in [0.15, 0.2) is 6.10 Å². The van der Waals surface area contributed by atoms with Gasteiger partial charge in [-0.05, 0) is 38.0 Å². The lowest BCUT2D eigenvalue weighted by Gasteiger charge is -2.23. The number of nitrogens with zero attached hydrogens (tertiary/aromatic N) is 1. The molecule has 22 heavy (non-hydrogen) atoms. The number of hydrogen-bond acceptors (Lipinski definition) is 2. The molecule has 0 aliphatic rings. The van der Waals surface area contributed by atoms with Crippen LogP contribution >= 0.6 is 0 Å². The molecule has 0 unspecified atom stereocenters. The quantitative estimate of drug-likeness (QED) is 0.841. The molecule has 2 rings (SSSR count). The fourth-order valence-corrected chi connectivity index (χ4v) is 2.42. The molecule has 0 aliphatic heterocycles. The summed E-state index contributed by atoms with van der Waals surface area (Å²) in [7, 11) is 1.80. The number of rotatable bonds is 5. The van der Waals surface area contributed by atoms with Gasteiger partial charge in [0, 0.05) is 13.6 Å². The highest BCUT2D eigenvalue weighted by Gasteiger charge is 2.19. The van der Waals surface area contributed by atoms with E-state index in [1.807, 2.05) is 56.3 Å². The first-order chi connectivity index (χ1) is 10.5. The first-order valence-corrected chi connectivity index (χ1v) is 7.50. The van der Waals surface area contributed by atoms with E-state index in [1.54, 1.807) is 18.9 Å². The van der Waals surface area contributed by atoms with Crippen LogP contribution in [0.5, 0.6) is 5.75 Å². The molecule has 1 amide bonds. The highest BCUT2D eigenvalue weighted by molar-refractivity contribution is 5.80. The average molecular weight is 297 g/mol. The molecule has 0 saturated carbocycles. The second-order valence-electron chi connectivity index (χ2n) is 5.71. The standard InChI is InChI=1S/C19H23NO2/c1-14-10-11-18(15(2)12-14)22-16(3)19(21)20(4)13-17-8-6-5-7-9-17/h5-12,16H,13H2,1-4H3/t16-/m0/s1. The second-order valence-corrected chi connectivity index (χ2v) is 5.71. The smallest absolute Gasteiger partial charge is 0.263 e. The lowest BCUT2D eigenvalue weighted by molar-refractivity contribution is -0.137. The van der Waals surface area contributed by atoms with Gasteiger partial charge in [0.25, 0.3) is 5.91 Å². The third-order valence-electron chi connectivity index (χ3n) is 3.62. The van der Waals surface area contributed by atoms with E-state index in [9.17, 15) is 4.79 Å². The number of carbonyl (C=O) groups is 1. The highest BCUT2D eigenvalue weighted by atomic mass is 16.5. The van der Waals surface area contributed by atoms with Gasteiger partial charge >= 0.3 is 0 Å². The summed E-state index contributed by atoms with van der Waals surface area (Å²) in [6.45, 7) is 6.41.